The van der Waals surface area contributed by atoms with Crippen molar-refractivity contribution in [3.8, 4) is 0 Å². The Morgan fingerprint density at radius 3 is 2.44 bits per heavy atom. The molecular formula is C20H20N4O3. The van der Waals surface area contributed by atoms with Gasteiger partial charge in [-0.25, -0.2) is 4.79 Å². The van der Waals surface area contributed by atoms with Crippen molar-refractivity contribution >= 4 is 29.2 Å². The van der Waals surface area contributed by atoms with Crippen molar-refractivity contribution in [3.05, 3.63) is 53.9 Å². The fraction of sp³-hybridized carbons (Fsp3) is 0.300. The molecule has 27 heavy (non-hydrogen) atoms. The Labute approximate surface area is 156 Å². The van der Waals surface area contributed by atoms with Gasteiger partial charge in [0, 0.05) is 17.9 Å². The van der Waals surface area contributed by atoms with E-state index in [1.165, 1.54) is 11.1 Å². The highest BCUT2D eigenvalue weighted by Crippen LogP contribution is 2.32. The van der Waals surface area contributed by atoms with Gasteiger partial charge in [0.2, 0.25) is 0 Å². The zero-order valence-corrected chi connectivity index (χ0v) is 14.8. The number of fused-ring (bicyclic) bond motifs is 1. The molecule has 2 aliphatic rings. The van der Waals surface area contributed by atoms with E-state index in [0.29, 0.717) is 22.5 Å². The standard InChI is InChI=1S/C20H20N4O3/c25-18-16-9-8-13(22-20(27)23-14-5-4-10-21-12-14)11-17(16)19(26)24(18)15-6-2-1-3-7-15/h4-5,8-12,15H,1-3,6-7H2,(H2,22,23,27). The van der Waals surface area contributed by atoms with Crippen LogP contribution in [0.4, 0.5) is 16.2 Å². The predicted octanol–water partition coefficient (Wildman–Crippen LogP) is 3.65. The Hall–Kier alpha value is -3.22. The highest BCUT2D eigenvalue weighted by molar-refractivity contribution is 6.22. The van der Waals surface area contributed by atoms with E-state index in [4.69, 9.17) is 0 Å². The number of amides is 4. The van der Waals surface area contributed by atoms with Crippen LogP contribution in [0, 0.1) is 0 Å². The topological polar surface area (TPSA) is 91.4 Å². The van der Waals surface area contributed by atoms with Crippen LogP contribution in [0.3, 0.4) is 0 Å². The van der Waals surface area contributed by atoms with Crippen molar-refractivity contribution < 1.29 is 14.4 Å². The lowest BCUT2D eigenvalue weighted by Gasteiger charge is -2.29. The zero-order valence-electron chi connectivity index (χ0n) is 14.8. The summed E-state index contributed by atoms with van der Waals surface area (Å²) in [5, 5.41) is 5.35. The van der Waals surface area contributed by atoms with Crippen LogP contribution in [0.15, 0.2) is 42.7 Å². The van der Waals surface area contributed by atoms with Gasteiger partial charge in [0.25, 0.3) is 11.8 Å². The summed E-state index contributed by atoms with van der Waals surface area (Å²) in [5.74, 6) is -0.494. The van der Waals surface area contributed by atoms with E-state index in [9.17, 15) is 14.4 Å². The van der Waals surface area contributed by atoms with E-state index < -0.39 is 6.03 Å². The smallest absolute Gasteiger partial charge is 0.308 e. The Balaban J connectivity index is 1.50. The quantitative estimate of drug-likeness (QED) is 0.813. The van der Waals surface area contributed by atoms with E-state index in [-0.39, 0.29) is 17.9 Å². The molecule has 1 aliphatic carbocycles. The molecule has 2 N–H and O–H groups in total. The number of aromatic nitrogens is 1. The summed E-state index contributed by atoms with van der Waals surface area (Å²) < 4.78 is 0. The summed E-state index contributed by atoms with van der Waals surface area (Å²) in [7, 11) is 0. The number of carbonyl (C=O) groups excluding carboxylic acids is 3. The molecular weight excluding hydrogens is 344 g/mol. The van der Waals surface area contributed by atoms with Crippen molar-refractivity contribution in [2.45, 2.75) is 38.1 Å². The van der Waals surface area contributed by atoms with Crippen LogP contribution in [-0.4, -0.2) is 33.8 Å². The van der Waals surface area contributed by atoms with E-state index in [1.807, 2.05) is 0 Å². The number of nitrogens with one attached hydrogen (secondary N) is 2. The monoisotopic (exact) mass is 364 g/mol. The van der Waals surface area contributed by atoms with Crippen LogP contribution in [0.1, 0.15) is 52.8 Å². The van der Waals surface area contributed by atoms with Gasteiger partial charge in [-0.1, -0.05) is 19.3 Å². The molecule has 1 saturated carbocycles. The van der Waals surface area contributed by atoms with E-state index in [2.05, 4.69) is 15.6 Å². The molecule has 7 nitrogen and oxygen atoms in total. The molecule has 0 unspecified atom stereocenters. The second-order valence-electron chi connectivity index (χ2n) is 6.85. The third kappa shape index (κ3) is 3.40. The molecule has 0 spiro atoms. The Morgan fingerprint density at radius 1 is 0.963 bits per heavy atom. The largest absolute Gasteiger partial charge is 0.323 e. The zero-order chi connectivity index (χ0) is 18.8. The minimum Gasteiger partial charge on any atom is -0.308 e. The molecule has 0 bridgehead atoms. The van der Waals surface area contributed by atoms with Gasteiger partial charge in [0.1, 0.15) is 0 Å². The average Bonchev–Trinajstić information content (AvgIpc) is 2.93. The molecule has 1 aromatic carbocycles. The van der Waals surface area contributed by atoms with E-state index in [1.54, 1.807) is 36.5 Å². The summed E-state index contributed by atoms with van der Waals surface area (Å²) in [5.41, 5.74) is 1.78. The number of anilines is 2. The minimum atomic E-state index is -0.441. The Kier molecular flexibility index (Phi) is 4.58. The number of imide groups is 1. The molecule has 2 heterocycles. The molecule has 0 radical (unpaired) electrons. The van der Waals surface area contributed by atoms with Crippen LogP contribution in [0.25, 0.3) is 0 Å². The molecule has 1 aromatic heterocycles. The van der Waals surface area contributed by atoms with Crippen molar-refractivity contribution in [1.82, 2.24) is 9.88 Å². The third-order valence-electron chi connectivity index (χ3n) is 5.04. The van der Waals surface area contributed by atoms with Crippen LogP contribution in [-0.2, 0) is 0 Å². The molecule has 4 rings (SSSR count). The Bertz CT molecular complexity index is 891. The molecule has 7 heteroatoms. The second-order valence-corrected chi connectivity index (χ2v) is 6.85. The van der Waals surface area contributed by atoms with Crippen molar-refractivity contribution in [2.24, 2.45) is 0 Å². The number of benzene rings is 1. The summed E-state index contributed by atoms with van der Waals surface area (Å²) >= 11 is 0. The van der Waals surface area contributed by atoms with Gasteiger partial charge in [-0.2, -0.15) is 0 Å². The van der Waals surface area contributed by atoms with Gasteiger partial charge in [-0.3, -0.25) is 19.5 Å². The van der Waals surface area contributed by atoms with E-state index in [0.717, 1.165) is 32.1 Å². The summed E-state index contributed by atoms with van der Waals surface area (Å²) in [6.45, 7) is 0. The first-order valence-corrected chi connectivity index (χ1v) is 9.13. The fourth-order valence-corrected chi connectivity index (χ4v) is 3.74. The normalized spacial score (nSPS) is 17.0. The van der Waals surface area contributed by atoms with Crippen molar-refractivity contribution in [2.75, 3.05) is 10.6 Å². The van der Waals surface area contributed by atoms with Gasteiger partial charge >= 0.3 is 6.03 Å². The van der Waals surface area contributed by atoms with Crippen LogP contribution >= 0.6 is 0 Å². The van der Waals surface area contributed by atoms with Gasteiger partial charge in [-0.05, 0) is 43.2 Å². The molecule has 1 aliphatic heterocycles. The minimum absolute atomic E-state index is 0.0172. The second kappa shape index (κ2) is 7.19. The third-order valence-corrected chi connectivity index (χ3v) is 5.04. The molecule has 0 atom stereocenters. The summed E-state index contributed by atoms with van der Waals surface area (Å²) in [4.78, 5) is 42.9. The molecule has 4 amide bonds. The molecule has 138 valence electrons. The number of urea groups is 1. The maximum Gasteiger partial charge on any atom is 0.323 e. The first kappa shape index (κ1) is 17.2. The molecule has 0 saturated heterocycles. The number of carbonyl (C=O) groups is 3. The van der Waals surface area contributed by atoms with E-state index >= 15 is 0 Å². The van der Waals surface area contributed by atoms with Crippen molar-refractivity contribution in [1.29, 1.82) is 0 Å². The summed E-state index contributed by atoms with van der Waals surface area (Å²) in [6, 6.07) is 7.80. The molecule has 2 aromatic rings. The molecule has 1 fully saturated rings. The van der Waals surface area contributed by atoms with Gasteiger partial charge in [0.05, 0.1) is 23.0 Å². The Morgan fingerprint density at radius 2 is 1.70 bits per heavy atom. The predicted molar refractivity (Wildman–Crippen MR) is 101 cm³/mol. The first-order chi connectivity index (χ1) is 13.1. The lowest BCUT2D eigenvalue weighted by Crippen LogP contribution is -2.40. The first-order valence-electron chi connectivity index (χ1n) is 9.13. The highest BCUT2D eigenvalue weighted by atomic mass is 16.2. The van der Waals surface area contributed by atoms with Gasteiger partial charge < -0.3 is 10.6 Å². The maximum atomic E-state index is 12.8. The highest BCUT2D eigenvalue weighted by Gasteiger charge is 2.40. The maximum absolute atomic E-state index is 12.8. The van der Waals surface area contributed by atoms with Crippen LogP contribution in [0.2, 0.25) is 0 Å². The number of hydrogen-bond acceptors (Lipinski definition) is 4. The SMILES string of the molecule is O=C(Nc1cccnc1)Nc1ccc2c(c1)C(=O)N(C1CCCCC1)C2=O. The number of nitrogens with zero attached hydrogens (tertiary/aromatic N) is 2. The van der Waals surface area contributed by atoms with Crippen LogP contribution < -0.4 is 10.6 Å². The van der Waals surface area contributed by atoms with Gasteiger partial charge in [0.15, 0.2) is 0 Å². The fourth-order valence-electron chi connectivity index (χ4n) is 3.74. The lowest BCUT2D eigenvalue weighted by molar-refractivity contribution is 0.0549. The average molecular weight is 364 g/mol. The lowest BCUT2D eigenvalue weighted by atomic mass is 9.94. The number of pyridine rings is 1. The van der Waals surface area contributed by atoms with Gasteiger partial charge in [-0.15, -0.1) is 0 Å². The van der Waals surface area contributed by atoms with Crippen LogP contribution in [0.5, 0.6) is 0 Å². The summed E-state index contributed by atoms with van der Waals surface area (Å²) in [6.07, 6.45) is 8.11. The number of rotatable bonds is 3. The number of hydrogen-bond donors (Lipinski definition) is 2. The van der Waals surface area contributed by atoms with Crippen molar-refractivity contribution in [3.63, 3.8) is 0 Å².